The van der Waals surface area contributed by atoms with E-state index in [9.17, 15) is 14.4 Å². The smallest absolute Gasteiger partial charge is 0.407 e. The topological polar surface area (TPSA) is 81.7 Å². The first-order chi connectivity index (χ1) is 9.71. The molecule has 2 atom stereocenters. The van der Waals surface area contributed by atoms with Crippen LogP contribution >= 0.6 is 0 Å². The Morgan fingerprint density at radius 1 is 1.33 bits per heavy atom. The van der Waals surface area contributed by atoms with Crippen molar-refractivity contribution in [3.63, 3.8) is 0 Å². The molecule has 0 aromatic rings. The van der Waals surface area contributed by atoms with Gasteiger partial charge in [0.05, 0.1) is 7.11 Å². The average molecular weight is 299 g/mol. The third kappa shape index (κ3) is 6.60. The molecule has 1 N–H and O–H groups in total. The highest BCUT2D eigenvalue weighted by Crippen LogP contribution is 2.25. The van der Waals surface area contributed by atoms with Crippen molar-refractivity contribution < 1.29 is 23.9 Å². The summed E-state index contributed by atoms with van der Waals surface area (Å²) in [5.41, 5.74) is -0.543. The summed E-state index contributed by atoms with van der Waals surface area (Å²) >= 11 is 0. The summed E-state index contributed by atoms with van der Waals surface area (Å²) in [4.78, 5) is 34.7. The van der Waals surface area contributed by atoms with Crippen LogP contribution in [0.3, 0.4) is 0 Å². The van der Waals surface area contributed by atoms with E-state index in [2.05, 4.69) is 10.1 Å². The van der Waals surface area contributed by atoms with Crippen LogP contribution in [0.1, 0.15) is 52.9 Å². The fourth-order valence-electron chi connectivity index (χ4n) is 2.39. The van der Waals surface area contributed by atoms with Gasteiger partial charge in [0.2, 0.25) is 0 Å². The molecule has 0 aliphatic heterocycles. The number of carbonyl (C=O) groups is 3. The second kappa shape index (κ2) is 7.43. The lowest BCUT2D eigenvalue weighted by Gasteiger charge is -2.29. The first kappa shape index (κ1) is 17.5. The number of rotatable bonds is 4. The second-order valence-corrected chi connectivity index (χ2v) is 6.40. The Hall–Kier alpha value is -1.59. The Bertz CT molecular complexity index is 399. The van der Waals surface area contributed by atoms with Crippen molar-refractivity contribution in [2.24, 2.45) is 5.92 Å². The van der Waals surface area contributed by atoms with Crippen molar-refractivity contribution in [2.75, 3.05) is 7.11 Å². The molecule has 1 aliphatic rings. The Morgan fingerprint density at radius 2 is 2.00 bits per heavy atom. The van der Waals surface area contributed by atoms with Crippen LogP contribution in [0.2, 0.25) is 0 Å². The van der Waals surface area contributed by atoms with Gasteiger partial charge < -0.3 is 14.8 Å². The van der Waals surface area contributed by atoms with Crippen molar-refractivity contribution in [3.8, 4) is 0 Å². The lowest BCUT2D eigenvalue weighted by atomic mass is 9.82. The highest BCUT2D eigenvalue weighted by atomic mass is 16.6. The van der Waals surface area contributed by atoms with E-state index in [4.69, 9.17) is 4.74 Å². The van der Waals surface area contributed by atoms with E-state index in [1.165, 1.54) is 7.11 Å². The van der Waals surface area contributed by atoms with Crippen LogP contribution in [0.4, 0.5) is 4.79 Å². The maximum atomic E-state index is 11.9. The van der Waals surface area contributed by atoms with E-state index >= 15 is 0 Å². The predicted octanol–water partition coefficient (Wildman–Crippen LogP) is 2.20. The van der Waals surface area contributed by atoms with Gasteiger partial charge in [0.1, 0.15) is 11.4 Å². The number of hydrogen-bond donors (Lipinski definition) is 1. The second-order valence-electron chi connectivity index (χ2n) is 6.40. The standard InChI is InChI=1S/C15H25NO5/c1-15(2,3)21-14(19)16-11-6-7-12(17)10(9-11)5-8-13(18)20-4/h10-11H,5-9H2,1-4H3,(H,16,19). The van der Waals surface area contributed by atoms with Crippen LogP contribution in [-0.4, -0.2) is 36.6 Å². The van der Waals surface area contributed by atoms with Gasteiger partial charge in [0, 0.05) is 24.8 Å². The maximum Gasteiger partial charge on any atom is 0.407 e. The van der Waals surface area contributed by atoms with Crippen molar-refractivity contribution in [3.05, 3.63) is 0 Å². The van der Waals surface area contributed by atoms with Gasteiger partial charge in [0.25, 0.3) is 0 Å². The Morgan fingerprint density at radius 3 is 2.57 bits per heavy atom. The van der Waals surface area contributed by atoms with E-state index < -0.39 is 11.7 Å². The summed E-state index contributed by atoms with van der Waals surface area (Å²) in [7, 11) is 1.33. The van der Waals surface area contributed by atoms with Crippen LogP contribution in [0, 0.1) is 5.92 Å². The lowest BCUT2D eigenvalue weighted by Crippen LogP contribution is -2.43. The van der Waals surface area contributed by atoms with Crippen molar-refractivity contribution in [2.45, 2.75) is 64.5 Å². The van der Waals surface area contributed by atoms with Crippen molar-refractivity contribution in [1.29, 1.82) is 0 Å². The Balaban J connectivity index is 2.45. The number of amides is 1. The monoisotopic (exact) mass is 299 g/mol. The number of ketones is 1. The number of carbonyl (C=O) groups excluding carboxylic acids is 3. The predicted molar refractivity (Wildman–Crippen MR) is 76.8 cm³/mol. The average Bonchev–Trinajstić information content (AvgIpc) is 2.36. The SMILES string of the molecule is COC(=O)CCC1CC(NC(=O)OC(C)(C)C)CCC1=O. The van der Waals surface area contributed by atoms with Crippen LogP contribution in [0.15, 0.2) is 0 Å². The van der Waals surface area contributed by atoms with E-state index in [0.29, 0.717) is 25.7 Å². The highest BCUT2D eigenvalue weighted by Gasteiger charge is 2.30. The van der Waals surface area contributed by atoms with Crippen LogP contribution in [0.25, 0.3) is 0 Å². The summed E-state index contributed by atoms with van der Waals surface area (Å²) in [5.74, 6) is -0.357. The highest BCUT2D eigenvalue weighted by molar-refractivity contribution is 5.82. The zero-order valence-corrected chi connectivity index (χ0v) is 13.2. The zero-order chi connectivity index (χ0) is 16.0. The number of alkyl carbamates (subject to hydrolysis) is 1. The molecule has 0 saturated heterocycles. The molecule has 120 valence electrons. The summed E-state index contributed by atoms with van der Waals surface area (Å²) in [5, 5.41) is 2.80. The summed E-state index contributed by atoms with van der Waals surface area (Å²) in [6.45, 7) is 5.41. The number of Topliss-reactive ketones (excluding diaryl/α,β-unsaturated/α-hetero) is 1. The quantitative estimate of drug-likeness (QED) is 0.805. The van der Waals surface area contributed by atoms with E-state index in [1.807, 2.05) is 0 Å². The van der Waals surface area contributed by atoms with Gasteiger partial charge >= 0.3 is 12.1 Å². The van der Waals surface area contributed by atoms with Gasteiger partial charge in [-0.25, -0.2) is 4.79 Å². The van der Waals surface area contributed by atoms with Gasteiger partial charge in [-0.2, -0.15) is 0 Å². The molecule has 0 bridgehead atoms. The van der Waals surface area contributed by atoms with Crippen molar-refractivity contribution >= 4 is 17.8 Å². The molecule has 2 unspecified atom stereocenters. The van der Waals surface area contributed by atoms with Gasteiger partial charge in [-0.05, 0) is 40.0 Å². The summed E-state index contributed by atoms with van der Waals surface area (Å²) in [6, 6.07) is -0.0832. The van der Waals surface area contributed by atoms with Gasteiger partial charge in [-0.1, -0.05) is 0 Å². The fraction of sp³-hybridized carbons (Fsp3) is 0.800. The summed E-state index contributed by atoms with van der Waals surface area (Å²) in [6.07, 6.45) is 1.83. The molecular formula is C15H25NO5. The normalized spacial score (nSPS) is 22.6. The van der Waals surface area contributed by atoms with Crippen molar-refractivity contribution in [1.82, 2.24) is 5.32 Å². The molecule has 1 rings (SSSR count). The van der Waals surface area contributed by atoms with Crippen LogP contribution < -0.4 is 5.32 Å². The summed E-state index contributed by atoms with van der Waals surface area (Å²) < 4.78 is 9.79. The number of ether oxygens (including phenoxy) is 2. The lowest BCUT2D eigenvalue weighted by molar-refractivity contribution is -0.141. The molecule has 6 heteroatoms. The molecule has 1 fully saturated rings. The number of hydrogen-bond acceptors (Lipinski definition) is 5. The van der Waals surface area contributed by atoms with Crippen LogP contribution in [0.5, 0.6) is 0 Å². The zero-order valence-electron chi connectivity index (χ0n) is 13.2. The number of esters is 1. The first-order valence-electron chi connectivity index (χ1n) is 7.30. The molecule has 0 aromatic carbocycles. The molecular weight excluding hydrogens is 274 g/mol. The minimum Gasteiger partial charge on any atom is -0.469 e. The largest absolute Gasteiger partial charge is 0.469 e. The molecule has 0 heterocycles. The molecule has 21 heavy (non-hydrogen) atoms. The third-order valence-electron chi connectivity index (χ3n) is 3.41. The van der Waals surface area contributed by atoms with Crippen LogP contribution in [-0.2, 0) is 19.1 Å². The molecule has 6 nitrogen and oxygen atoms in total. The maximum absolute atomic E-state index is 11.9. The van der Waals surface area contributed by atoms with E-state index in [0.717, 1.165) is 0 Å². The molecule has 1 amide bonds. The first-order valence-corrected chi connectivity index (χ1v) is 7.30. The van der Waals surface area contributed by atoms with Gasteiger partial charge in [-0.3, -0.25) is 9.59 Å². The number of nitrogens with one attached hydrogen (secondary N) is 1. The molecule has 0 aromatic heterocycles. The molecule has 0 spiro atoms. The fourth-order valence-corrected chi connectivity index (χ4v) is 2.39. The molecule has 0 radical (unpaired) electrons. The van der Waals surface area contributed by atoms with E-state index in [1.54, 1.807) is 20.8 Å². The molecule has 1 saturated carbocycles. The minimum absolute atomic E-state index is 0.0832. The van der Waals surface area contributed by atoms with Gasteiger partial charge in [0.15, 0.2) is 0 Å². The molecule has 1 aliphatic carbocycles. The number of methoxy groups -OCH3 is 1. The Kier molecular flexibility index (Phi) is 6.18. The van der Waals surface area contributed by atoms with Gasteiger partial charge in [-0.15, -0.1) is 0 Å². The van der Waals surface area contributed by atoms with E-state index in [-0.39, 0.29) is 30.1 Å². The minimum atomic E-state index is -0.543. The third-order valence-corrected chi connectivity index (χ3v) is 3.41. The Labute approximate surface area is 125 Å².